The number of rotatable bonds is 3. The van der Waals surface area contributed by atoms with Crippen molar-refractivity contribution in [3.05, 3.63) is 32.6 Å². The lowest BCUT2D eigenvalue weighted by molar-refractivity contribution is -0.173. The third kappa shape index (κ3) is 4.71. The molecule has 2 rings (SSSR count). The Morgan fingerprint density at radius 3 is 2.76 bits per heavy atom. The van der Waals surface area contributed by atoms with Crippen molar-refractivity contribution in [2.75, 3.05) is 13.2 Å². The third-order valence-corrected chi connectivity index (χ3v) is 3.38. The summed E-state index contributed by atoms with van der Waals surface area (Å²) in [5.41, 5.74) is -1.71. The Kier molecular flexibility index (Phi) is 5.66. The molecular formula is C14H14F3N3O5. The van der Waals surface area contributed by atoms with Gasteiger partial charge in [0.2, 0.25) is 0 Å². The van der Waals surface area contributed by atoms with Crippen molar-refractivity contribution in [1.29, 1.82) is 0 Å². The number of halogens is 3. The van der Waals surface area contributed by atoms with Gasteiger partial charge in [-0.2, -0.15) is 13.2 Å². The first-order valence-corrected chi connectivity index (χ1v) is 7.18. The average molecular weight is 361 g/mol. The van der Waals surface area contributed by atoms with Gasteiger partial charge in [-0.15, -0.1) is 0 Å². The molecule has 11 heteroatoms. The highest BCUT2D eigenvalue weighted by Gasteiger charge is 2.38. The number of nitrogens with one attached hydrogen (secondary N) is 2. The van der Waals surface area contributed by atoms with Gasteiger partial charge in [0, 0.05) is 6.20 Å². The predicted octanol–water partition coefficient (Wildman–Crippen LogP) is -0.764. The van der Waals surface area contributed by atoms with Crippen LogP contribution in [0.2, 0.25) is 0 Å². The molecule has 1 aliphatic heterocycles. The van der Waals surface area contributed by atoms with Gasteiger partial charge < -0.3 is 15.2 Å². The fourth-order valence-electron chi connectivity index (χ4n) is 2.18. The van der Waals surface area contributed by atoms with E-state index in [1.54, 1.807) is 0 Å². The molecule has 3 N–H and O–H groups in total. The summed E-state index contributed by atoms with van der Waals surface area (Å²) in [6.07, 6.45) is -4.04. The number of ether oxygens (including phenoxy) is 1. The molecule has 0 radical (unpaired) electrons. The summed E-state index contributed by atoms with van der Waals surface area (Å²) < 4.78 is 42.5. The lowest BCUT2D eigenvalue weighted by atomic mass is 10.2. The van der Waals surface area contributed by atoms with Crippen molar-refractivity contribution in [3.8, 4) is 11.8 Å². The van der Waals surface area contributed by atoms with Crippen molar-refractivity contribution in [2.24, 2.45) is 0 Å². The normalized spacial score (nSPS) is 20.0. The van der Waals surface area contributed by atoms with E-state index in [0.29, 0.717) is 12.8 Å². The second-order valence-corrected chi connectivity index (χ2v) is 5.16. The summed E-state index contributed by atoms with van der Waals surface area (Å²) in [5.74, 6) is 2.36. The van der Waals surface area contributed by atoms with Crippen LogP contribution in [0.15, 0.2) is 15.8 Å². The fourth-order valence-corrected chi connectivity index (χ4v) is 2.18. The molecule has 136 valence electrons. The minimum Gasteiger partial charge on any atom is -0.394 e. The first kappa shape index (κ1) is 18.8. The van der Waals surface area contributed by atoms with Crippen LogP contribution in [-0.2, 0) is 9.53 Å². The van der Waals surface area contributed by atoms with Gasteiger partial charge in [0.25, 0.3) is 5.56 Å². The monoisotopic (exact) mass is 361 g/mol. The van der Waals surface area contributed by atoms with E-state index in [1.165, 1.54) is 5.32 Å². The zero-order valence-electron chi connectivity index (χ0n) is 12.7. The van der Waals surface area contributed by atoms with Crippen LogP contribution in [-0.4, -0.2) is 46.0 Å². The Balaban J connectivity index is 2.14. The molecule has 0 aromatic carbocycles. The van der Waals surface area contributed by atoms with Gasteiger partial charge in [-0.05, 0) is 12.8 Å². The van der Waals surface area contributed by atoms with E-state index < -0.39 is 42.2 Å². The van der Waals surface area contributed by atoms with Gasteiger partial charge in [0.1, 0.15) is 11.8 Å². The maximum atomic E-state index is 12.0. The quantitative estimate of drug-likeness (QED) is 0.613. The number of hydrogen-bond acceptors (Lipinski definition) is 5. The molecule has 2 atom stereocenters. The fraction of sp³-hybridized carbons (Fsp3) is 0.500. The molecule has 0 aliphatic carbocycles. The van der Waals surface area contributed by atoms with E-state index in [0.717, 1.165) is 10.8 Å². The largest absolute Gasteiger partial charge is 0.471 e. The smallest absolute Gasteiger partial charge is 0.394 e. The molecule has 0 spiro atoms. The molecule has 0 unspecified atom stereocenters. The van der Waals surface area contributed by atoms with Crippen LogP contribution >= 0.6 is 0 Å². The van der Waals surface area contributed by atoms with Gasteiger partial charge in [-0.25, -0.2) is 4.79 Å². The Hall–Kier alpha value is -2.58. The van der Waals surface area contributed by atoms with Crippen LogP contribution in [0, 0.1) is 11.8 Å². The number of H-pyrrole nitrogens is 1. The van der Waals surface area contributed by atoms with Crippen LogP contribution in [0.3, 0.4) is 0 Å². The molecule has 1 fully saturated rings. The second kappa shape index (κ2) is 7.54. The summed E-state index contributed by atoms with van der Waals surface area (Å²) >= 11 is 0. The molecule has 2 heterocycles. The molecule has 25 heavy (non-hydrogen) atoms. The number of aliphatic hydroxyl groups is 1. The summed E-state index contributed by atoms with van der Waals surface area (Å²) in [6.45, 7) is -0.830. The highest BCUT2D eigenvalue weighted by Crippen LogP contribution is 2.26. The minimum atomic E-state index is -5.02. The van der Waals surface area contributed by atoms with Gasteiger partial charge in [-0.3, -0.25) is 19.1 Å². The van der Waals surface area contributed by atoms with Crippen molar-refractivity contribution in [2.45, 2.75) is 31.3 Å². The first-order chi connectivity index (χ1) is 11.7. The van der Waals surface area contributed by atoms with E-state index in [-0.39, 0.29) is 12.2 Å². The number of hydrogen-bond donors (Lipinski definition) is 3. The molecule has 1 aromatic heterocycles. The van der Waals surface area contributed by atoms with Crippen LogP contribution in [0.5, 0.6) is 0 Å². The maximum absolute atomic E-state index is 12.0. The Bertz CT molecular complexity index is 818. The van der Waals surface area contributed by atoms with Gasteiger partial charge >= 0.3 is 17.8 Å². The van der Waals surface area contributed by atoms with Gasteiger partial charge in [0.05, 0.1) is 19.3 Å². The molecule has 0 saturated carbocycles. The number of nitrogens with zero attached hydrogens (tertiary/aromatic N) is 1. The third-order valence-electron chi connectivity index (χ3n) is 3.38. The van der Waals surface area contributed by atoms with Crippen molar-refractivity contribution in [3.63, 3.8) is 0 Å². The minimum absolute atomic E-state index is 0.170. The number of carbonyl (C=O) groups is 1. The number of amides is 1. The van der Waals surface area contributed by atoms with Crippen molar-refractivity contribution < 1.29 is 27.8 Å². The summed E-state index contributed by atoms with van der Waals surface area (Å²) in [7, 11) is 0. The van der Waals surface area contributed by atoms with E-state index in [2.05, 4.69) is 11.8 Å². The Morgan fingerprint density at radius 2 is 2.16 bits per heavy atom. The maximum Gasteiger partial charge on any atom is 0.471 e. The summed E-state index contributed by atoms with van der Waals surface area (Å²) in [5, 5.41) is 10.6. The summed E-state index contributed by atoms with van der Waals surface area (Å²) in [4.78, 5) is 36.2. The van der Waals surface area contributed by atoms with Crippen LogP contribution in [0.4, 0.5) is 13.2 Å². The molecule has 0 bridgehead atoms. The molecule has 8 nitrogen and oxygen atoms in total. The molecule has 1 aliphatic rings. The number of alkyl halides is 3. The predicted molar refractivity (Wildman–Crippen MR) is 77.5 cm³/mol. The van der Waals surface area contributed by atoms with E-state index in [1.807, 2.05) is 4.98 Å². The zero-order chi connectivity index (χ0) is 18.6. The van der Waals surface area contributed by atoms with Crippen LogP contribution < -0.4 is 16.6 Å². The van der Waals surface area contributed by atoms with E-state index in [9.17, 15) is 27.6 Å². The zero-order valence-corrected chi connectivity index (χ0v) is 12.7. The molecular weight excluding hydrogens is 347 g/mol. The number of carbonyl (C=O) groups excluding carboxylic acids is 1. The van der Waals surface area contributed by atoms with E-state index >= 15 is 0 Å². The van der Waals surface area contributed by atoms with Gasteiger partial charge in [0.15, 0.2) is 0 Å². The second-order valence-electron chi connectivity index (χ2n) is 5.16. The highest BCUT2D eigenvalue weighted by molar-refractivity contribution is 5.81. The number of aromatic nitrogens is 2. The first-order valence-electron chi connectivity index (χ1n) is 7.18. The lowest BCUT2D eigenvalue weighted by Crippen LogP contribution is -2.37. The lowest BCUT2D eigenvalue weighted by Gasteiger charge is -2.14. The molecule has 1 saturated heterocycles. The molecule has 1 amide bonds. The standard InChI is InChI=1S/C14H14F3N3O5/c15-14(16,17)12(23)18-5-1-2-8-6-20(13(24)19-11(8)22)10-4-3-9(7-21)25-10/h6,9-10,21H,3-5,7H2,(H,18,23)(H,19,22,24)/t9-,10+/m0/s1. The summed E-state index contributed by atoms with van der Waals surface area (Å²) in [6, 6.07) is 0. The van der Waals surface area contributed by atoms with Gasteiger partial charge in [-0.1, -0.05) is 11.8 Å². The van der Waals surface area contributed by atoms with E-state index in [4.69, 9.17) is 9.84 Å². The van der Waals surface area contributed by atoms with Crippen molar-refractivity contribution >= 4 is 5.91 Å². The molecule has 1 aromatic rings. The van der Waals surface area contributed by atoms with Crippen molar-refractivity contribution in [1.82, 2.24) is 14.9 Å². The highest BCUT2D eigenvalue weighted by atomic mass is 19.4. The van der Waals surface area contributed by atoms with Crippen LogP contribution in [0.1, 0.15) is 24.6 Å². The SMILES string of the molecule is O=C(NCC#Cc1cn([C@H]2CC[C@@H](CO)O2)c(=O)[nH]c1=O)C(F)(F)F. The Morgan fingerprint density at radius 1 is 1.44 bits per heavy atom. The van der Waals surface area contributed by atoms with Crippen LogP contribution in [0.25, 0.3) is 0 Å². The Labute approximate surface area is 138 Å². The number of aromatic amines is 1. The topological polar surface area (TPSA) is 113 Å². The number of aliphatic hydroxyl groups excluding tert-OH is 1. The average Bonchev–Trinajstić information content (AvgIpc) is 3.00.